The van der Waals surface area contributed by atoms with Gasteiger partial charge in [-0.15, -0.1) is 0 Å². The molecular weight excluding hydrogens is 288 g/mol. The zero-order valence-corrected chi connectivity index (χ0v) is 13.4. The molecule has 0 radical (unpaired) electrons. The third-order valence-corrected chi connectivity index (χ3v) is 5.70. The van der Waals surface area contributed by atoms with Gasteiger partial charge < -0.3 is 5.32 Å². The maximum atomic E-state index is 11.8. The second-order valence-electron chi connectivity index (χ2n) is 6.13. The Morgan fingerprint density at radius 2 is 2.19 bits per heavy atom. The molecular formula is C14H22N4O2S. The minimum atomic E-state index is -3.12. The third kappa shape index (κ3) is 3.09. The second kappa shape index (κ2) is 5.62. The van der Waals surface area contributed by atoms with E-state index < -0.39 is 10.0 Å². The van der Waals surface area contributed by atoms with E-state index in [0.29, 0.717) is 19.1 Å². The molecule has 2 atom stereocenters. The van der Waals surface area contributed by atoms with Crippen LogP contribution in [0.3, 0.4) is 0 Å². The lowest BCUT2D eigenvalue weighted by molar-refractivity contribution is 0.312. The zero-order chi connectivity index (χ0) is 15.0. The van der Waals surface area contributed by atoms with Crippen LogP contribution in [0.25, 0.3) is 0 Å². The van der Waals surface area contributed by atoms with E-state index >= 15 is 0 Å². The van der Waals surface area contributed by atoms with Crippen molar-refractivity contribution in [2.75, 3.05) is 19.3 Å². The summed E-state index contributed by atoms with van der Waals surface area (Å²) < 4.78 is 25.1. The molecule has 1 unspecified atom stereocenters. The Bertz CT molecular complexity index is 632. The molecule has 0 amide bonds. The minimum absolute atomic E-state index is 0.181. The fourth-order valence-electron chi connectivity index (χ4n) is 3.29. The maximum Gasteiger partial charge on any atom is 0.211 e. The summed E-state index contributed by atoms with van der Waals surface area (Å²) in [5, 5.41) is 3.45. The zero-order valence-electron chi connectivity index (χ0n) is 12.5. The first kappa shape index (κ1) is 14.9. The smallest absolute Gasteiger partial charge is 0.211 e. The van der Waals surface area contributed by atoms with Gasteiger partial charge in [0.25, 0.3) is 0 Å². The number of hydrogen-bond donors (Lipinski definition) is 1. The highest BCUT2D eigenvalue weighted by atomic mass is 32.2. The SMILES string of the molecule is C[C@@H]1Cc2ncnc(C3CCCN(S(C)(=O)=O)C3)c2CN1. The normalized spacial score (nSPS) is 27.3. The van der Waals surface area contributed by atoms with Crippen molar-refractivity contribution in [3.8, 4) is 0 Å². The molecule has 0 aliphatic carbocycles. The van der Waals surface area contributed by atoms with Gasteiger partial charge >= 0.3 is 0 Å². The summed E-state index contributed by atoms with van der Waals surface area (Å²) in [6.07, 6.45) is 5.71. The molecule has 6 nitrogen and oxygen atoms in total. The predicted octanol–water partition coefficient (Wildman–Crippen LogP) is 0.650. The monoisotopic (exact) mass is 310 g/mol. The number of nitrogens with zero attached hydrogens (tertiary/aromatic N) is 3. The van der Waals surface area contributed by atoms with Crippen LogP contribution in [0, 0.1) is 0 Å². The summed E-state index contributed by atoms with van der Waals surface area (Å²) >= 11 is 0. The molecule has 2 aliphatic heterocycles. The second-order valence-corrected chi connectivity index (χ2v) is 8.11. The van der Waals surface area contributed by atoms with Crippen molar-refractivity contribution in [1.29, 1.82) is 0 Å². The van der Waals surface area contributed by atoms with Gasteiger partial charge in [0.2, 0.25) is 10.0 Å². The van der Waals surface area contributed by atoms with Crippen LogP contribution in [0.15, 0.2) is 6.33 Å². The van der Waals surface area contributed by atoms with Crippen LogP contribution in [-0.2, 0) is 23.0 Å². The Kier molecular flexibility index (Phi) is 3.98. The number of sulfonamides is 1. The van der Waals surface area contributed by atoms with Crippen molar-refractivity contribution in [2.24, 2.45) is 0 Å². The molecule has 1 N–H and O–H groups in total. The molecule has 1 saturated heterocycles. The van der Waals surface area contributed by atoms with E-state index in [1.165, 1.54) is 11.8 Å². The highest BCUT2D eigenvalue weighted by Crippen LogP contribution is 2.31. The minimum Gasteiger partial charge on any atom is -0.310 e. The number of fused-ring (bicyclic) bond motifs is 1. The molecule has 7 heteroatoms. The Hall–Kier alpha value is -1.05. The topological polar surface area (TPSA) is 75.2 Å². The van der Waals surface area contributed by atoms with Crippen LogP contribution in [0.4, 0.5) is 0 Å². The maximum absolute atomic E-state index is 11.8. The summed E-state index contributed by atoms with van der Waals surface area (Å²) in [6, 6.07) is 0.430. The summed E-state index contributed by atoms with van der Waals surface area (Å²) in [5.41, 5.74) is 3.33. The van der Waals surface area contributed by atoms with Gasteiger partial charge in [0, 0.05) is 43.6 Å². The van der Waals surface area contributed by atoms with E-state index in [2.05, 4.69) is 22.2 Å². The predicted molar refractivity (Wildman–Crippen MR) is 80.4 cm³/mol. The lowest BCUT2D eigenvalue weighted by atomic mass is 9.89. The first-order chi connectivity index (χ1) is 9.95. The van der Waals surface area contributed by atoms with Crippen LogP contribution in [-0.4, -0.2) is 48.1 Å². The lowest BCUT2D eigenvalue weighted by Gasteiger charge is -2.33. The van der Waals surface area contributed by atoms with E-state index in [0.717, 1.165) is 37.2 Å². The van der Waals surface area contributed by atoms with Crippen molar-refractivity contribution in [2.45, 2.75) is 44.7 Å². The first-order valence-electron chi connectivity index (χ1n) is 7.46. The van der Waals surface area contributed by atoms with Gasteiger partial charge in [-0.3, -0.25) is 0 Å². The molecule has 1 fully saturated rings. The van der Waals surface area contributed by atoms with E-state index in [4.69, 9.17) is 0 Å². The van der Waals surface area contributed by atoms with Crippen molar-refractivity contribution < 1.29 is 8.42 Å². The standard InChI is InChI=1S/C14H22N4O2S/c1-10-6-13-12(7-15-10)14(17-9-16-13)11-4-3-5-18(8-11)21(2,19)20/h9-11,15H,3-8H2,1-2H3/t10-,11?/m1/s1. The molecule has 3 rings (SSSR count). The fraction of sp³-hybridized carbons (Fsp3) is 0.714. The highest BCUT2D eigenvalue weighted by molar-refractivity contribution is 7.88. The van der Waals surface area contributed by atoms with E-state index in [1.807, 2.05) is 0 Å². The summed E-state index contributed by atoms with van der Waals surface area (Å²) in [5.74, 6) is 0.181. The Balaban J connectivity index is 1.89. The van der Waals surface area contributed by atoms with Gasteiger partial charge in [-0.1, -0.05) is 0 Å². The van der Waals surface area contributed by atoms with E-state index in [1.54, 1.807) is 10.6 Å². The summed E-state index contributed by atoms with van der Waals surface area (Å²) in [4.78, 5) is 8.89. The van der Waals surface area contributed by atoms with Crippen molar-refractivity contribution in [3.63, 3.8) is 0 Å². The molecule has 3 heterocycles. The van der Waals surface area contributed by atoms with Crippen molar-refractivity contribution in [3.05, 3.63) is 23.3 Å². The number of hydrogen-bond acceptors (Lipinski definition) is 5. The average molecular weight is 310 g/mol. The molecule has 0 spiro atoms. The largest absolute Gasteiger partial charge is 0.310 e. The molecule has 0 aromatic carbocycles. The molecule has 1 aromatic rings. The van der Waals surface area contributed by atoms with Gasteiger partial charge in [0.1, 0.15) is 6.33 Å². The summed E-state index contributed by atoms with van der Waals surface area (Å²) in [7, 11) is -3.12. The van der Waals surface area contributed by atoms with Crippen LogP contribution in [0.5, 0.6) is 0 Å². The third-order valence-electron chi connectivity index (χ3n) is 4.43. The van der Waals surface area contributed by atoms with Gasteiger partial charge in [0.15, 0.2) is 0 Å². The van der Waals surface area contributed by atoms with Gasteiger partial charge in [-0.05, 0) is 19.8 Å². The van der Waals surface area contributed by atoms with E-state index in [-0.39, 0.29) is 5.92 Å². The quantitative estimate of drug-likeness (QED) is 0.868. The number of nitrogens with one attached hydrogen (secondary N) is 1. The average Bonchev–Trinajstić information content (AvgIpc) is 2.45. The van der Waals surface area contributed by atoms with Gasteiger partial charge in [-0.2, -0.15) is 0 Å². The molecule has 0 saturated carbocycles. The molecule has 1 aromatic heterocycles. The van der Waals surface area contributed by atoms with Crippen molar-refractivity contribution >= 4 is 10.0 Å². The molecule has 116 valence electrons. The fourth-order valence-corrected chi connectivity index (χ4v) is 4.20. The molecule has 21 heavy (non-hydrogen) atoms. The van der Waals surface area contributed by atoms with Crippen molar-refractivity contribution in [1.82, 2.24) is 19.6 Å². The first-order valence-corrected chi connectivity index (χ1v) is 9.31. The summed E-state index contributed by atoms with van der Waals surface area (Å²) in [6.45, 7) is 4.09. The number of aromatic nitrogens is 2. The van der Waals surface area contributed by atoms with Gasteiger partial charge in [0.05, 0.1) is 17.6 Å². The van der Waals surface area contributed by atoms with Crippen LogP contribution < -0.4 is 5.32 Å². The Morgan fingerprint density at radius 1 is 1.38 bits per heavy atom. The molecule has 2 aliphatic rings. The van der Waals surface area contributed by atoms with Crippen LogP contribution in [0.2, 0.25) is 0 Å². The number of rotatable bonds is 2. The van der Waals surface area contributed by atoms with E-state index in [9.17, 15) is 8.42 Å². The Labute approximate surface area is 126 Å². The van der Waals surface area contributed by atoms with Crippen LogP contribution >= 0.6 is 0 Å². The Morgan fingerprint density at radius 3 is 2.95 bits per heavy atom. The highest BCUT2D eigenvalue weighted by Gasteiger charge is 2.30. The molecule has 0 bridgehead atoms. The van der Waals surface area contributed by atoms with Gasteiger partial charge in [-0.25, -0.2) is 22.7 Å². The number of piperidine rings is 1. The van der Waals surface area contributed by atoms with Crippen LogP contribution in [0.1, 0.15) is 42.6 Å². The lowest BCUT2D eigenvalue weighted by Crippen LogP contribution is -2.40.